The molecule has 1 aliphatic rings. The maximum absolute atomic E-state index is 9.94. The van der Waals surface area contributed by atoms with Crippen LogP contribution in [0.3, 0.4) is 0 Å². The molecule has 0 radical (unpaired) electrons. The van der Waals surface area contributed by atoms with Gasteiger partial charge in [0.05, 0.1) is 40.1 Å². The van der Waals surface area contributed by atoms with Crippen LogP contribution >= 0.6 is 0 Å². The summed E-state index contributed by atoms with van der Waals surface area (Å²) in [6.07, 6.45) is 2.85. The molecular weight excluding hydrogens is 310 g/mol. The predicted molar refractivity (Wildman–Crippen MR) is 90.7 cm³/mol. The fourth-order valence-electron chi connectivity index (χ4n) is 2.79. The Balaban J connectivity index is 1.58. The van der Waals surface area contributed by atoms with Crippen molar-refractivity contribution in [1.82, 2.24) is 0 Å². The molecule has 0 amide bonds. The lowest BCUT2D eigenvalue weighted by molar-refractivity contribution is -0.660. The van der Waals surface area contributed by atoms with Gasteiger partial charge in [-0.1, -0.05) is 6.07 Å². The van der Waals surface area contributed by atoms with Crippen molar-refractivity contribution >= 4 is 0 Å². The van der Waals surface area contributed by atoms with Crippen LogP contribution < -0.4 is 14.8 Å². The summed E-state index contributed by atoms with van der Waals surface area (Å²) in [4.78, 5) is 0. The first-order valence-corrected chi connectivity index (χ1v) is 8.63. The number of rotatable bonds is 11. The van der Waals surface area contributed by atoms with Gasteiger partial charge in [-0.2, -0.15) is 0 Å². The molecule has 1 heterocycles. The fraction of sp³-hybridized carbons (Fsp3) is 0.667. The normalized spacial score (nSPS) is 18.5. The lowest BCUT2D eigenvalue weighted by Crippen LogP contribution is -2.87. The van der Waals surface area contributed by atoms with E-state index in [9.17, 15) is 5.11 Å². The van der Waals surface area contributed by atoms with Gasteiger partial charge in [-0.3, -0.25) is 0 Å². The van der Waals surface area contributed by atoms with Crippen molar-refractivity contribution in [3.8, 4) is 11.5 Å². The van der Waals surface area contributed by atoms with E-state index in [0.717, 1.165) is 43.9 Å². The van der Waals surface area contributed by atoms with E-state index in [1.54, 1.807) is 14.2 Å². The highest BCUT2D eigenvalue weighted by Crippen LogP contribution is 2.27. The van der Waals surface area contributed by atoms with Gasteiger partial charge in [0, 0.05) is 13.0 Å². The fourth-order valence-corrected chi connectivity index (χ4v) is 2.79. The molecule has 0 spiro atoms. The monoisotopic (exact) mass is 340 g/mol. The molecular formula is C18H30NO5+. The molecule has 6 heteroatoms. The van der Waals surface area contributed by atoms with Crippen molar-refractivity contribution in [3.63, 3.8) is 0 Å². The zero-order valence-electron chi connectivity index (χ0n) is 14.7. The van der Waals surface area contributed by atoms with Crippen molar-refractivity contribution in [1.29, 1.82) is 0 Å². The average Bonchev–Trinajstić information content (AvgIpc) is 3.12. The highest BCUT2D eigenvalue weighted by molar-refractivity contribution is 5.42. The molecule has 1 aliphatic heterocycles. The Kier molecular flexibility index (Phi) is 8.32. The molecule has 1 fully saturated rings. The van der Waals surface area contributed by atoms with Crippen molar-refractivity contribution in [3.05, 3.63) is 23.8 Å². The van der Waals surface area contributed by atoms with E-state index in [-0.39, 0.29) is 6.10 Å². The summed E-state index contributed by atoms with van der Waals surface area (Å²) < 4.78 is 21.5. The highest BCUT2D eigenvalue weighted by atomic mass is 16.5. The van der Waals surface area contributed by atoms with Crippen LogP contribution in [0.25, 0.3) is 0 Å². The molecule has 1 saturated heterocycles. The van der Waals surface area contributed by atoms with Crippen molar-refractivity contribution in [2.75, 3.05) is 47.1 Å². The van der Waals surface area contributed by atoms with E-state index >= 15 is 0 Å². The lowest BCUT2D eigenvalue weighted by atomic mass is 10.1. The van der Waals surface area contributed by atoms with Gasteiger partial charge in [-0.25, -0.2) is 0 Å². The second kappa shape index (κ2) is 10.5. The van der Waals surface area contributed by atoms with E-state index in [1.165, 1.54) is 5.56 Å². The third kappa shape index (κ3) is 6.28. The van der Waals surface area contributed by atoms with Crippen LogP contribution in [0.15, 0.2) is 18.2 Å². The van der Waals surface area contributed by atoms with Gasteiger partial charge in [0.1, 0.15) is 12.6 Å². The van der Waals surface area contributed by atoms with Crippen LogP contribution in [-0.2, 0) is 15.9 Å². The van der Waals surface area contributed by atoms with E-state index in [0.29, 0.717) is 19.8 Å². The van der Waals surface area contributed by atoms with E-state index in [1.807, 2.05) is 18.2 Å². The number of hydrogen-bond donors (Lipinski definition) is 2. The molecule has 1 aromatic carbocycles. The molecule has 2 atom stereocenters. The van der Waals surface area contributed by atoms with Crippen LogP contribution in [0.5, 0.6) is 11.5 Å². The Morgan fingerprint density at radius 1 is 1.29 bits per heavy atom. The summed E-state index contributed by atoms with van der Waals surface area (Å²) in [5.41, 5.74) is 1.19. The zero-order valence-corrected chi connectivity index (χ0v) is 14.7. The first kappa shape index (κ1) is 19.0. The third-order valence-electron chi connectivity index (χ3n) is 4.16. The van der Waals surface area contributed by atoms with Crippen molar-refractivity contribution in [2.24, 2.45) is 0 Å². The number of methoxy groups -OCH3 is 2. The second-order valence-corrected chi connectivity index (χ2v) is 6.08. The number of ether oxygens (including phenoxy) is 4. The molecule has 2 rings (SSSR count). The Bertz CT molecular complexity index is 476. The Hall–Kier alpha value is -1.34. The van der Waals surface area contributed by atoms with Crippen LogP contribution in [0.2, 0.25) is 0 Å². The predicted octanol–water partition coefficient (Wildman–Crippen LogP) is 0.366. The van der Waals surface area contributed by atoms with Gasteiger partial charge in [0.15, 0.2) is 11.5 Å². The van der Waals surface area contributed by atoms with E-state index in [4.69, 9.17) is 18.9 Å². The molecule has 0 unspecified atom stereocenters. The van der Waals surface area contributed by atoms with E-state index in [2.05, 4.69) is 5.32 Å². The zero-order chi connectivity index (χ0) is 17.2. The Morgan fingerprint density at radius 2 is 2.12 bits per heavy atom. The number of nitrogens with two attached hydrogens (primary N) is 1. The van der Waals surface area contributed by atoms with Crippen LogP contribution in [0, 0.1) is 0 Å². The van der Waals surface area contributed by atoms with Crippen LogP contribution in [0.1, 0.15) is 18.4 Å². The first-order valence-electron chi connectivity index (χ1n) is 8.63. The van der Waals surface area contributed by atoms with Gasteiger partial charge in [0.25, 0.3) is 0 Å². The standard InChI is InChI=1S/C18H29NO5/c1-21-17-6-5-14(10-18(17)22-2)7-8-19-11-15(20)12-23-13-16-4-3-9-24-16/h5-6,10,15-16,19-20H,3-4,7-9,11-13H2,1-2H3/p+1/t15-,16+/m1/s1. The number of quaternary nitrogens is 1. The number of hydrogen-bond acceptors (Lipinski definition) is 5. The van der Waals surface area contributed by atoms with Gasteiger partial charge < -0.3 is 29.4 Å². The minimum Gasteiger partial charge on any atom is -0.493 e. The van der Waals surface area contributed by atoms with Crippen LogP contribution in [0.4, 0.5) is 0 Å². The summed E-state index contributed by atoms with van der Waals surface area (Å²) in [6, 6.07) is 5.95. The highest BCUT2D eigenvalue weighted by Gasteiger charge is 2.16. The van der Waals surface area contributed by atoms with Gasteiger partial charge in [-0.15, -0.1) is 0 Å². The molecule has 136 valence electrons. The summed E-state index contributed by atoms with van der Waals surface area (Å²) in [7, 11) is 3.27. The minimum atomic E-state index is -0.447. The minimum absolute atomic E-state index is 0.214. The number of aliphatic hydroxyl groups is 1. The lowest BCUT2D eigenvalue weighted by Gasteiger charge is -2.13. The maximum atomic E-state index is 9.94. The SMILES string of the molecule is COc1ccc(CC[NH2+]C[C@@H](O)COC[C@@H]2CCCO2)cc1OC. The molecule has 6 nitrogen and oxygen atoms in total. The Morgan fingerprint density at radius 3 is 2.83 bits per heavy atom. The molecule has 24 heavy (non-hydrogen) atoms. The summed E-state index contributed by atoms with van der Waals surface area (Å²) in [6.45, 7) is 3.33. The molecule has 1 aromatic rings. The largest absolute Gasteiger partial charge is 0.493 e. The van der Waals surface area contributed by atoms with Gasteiger partial charge in [-0.05, 0) is 30.5 Å². The summed E-state index contributed by atoms with van der Waals surface area (Å²) >= 11 is 0. The topological polar surface area (TPSA) is 73.8 Å². The third-order valence-corrected chi connectivity index (χ3v) is 4.16. The Labute approximate surface area is 144 Å². The summed E-state index contributed by atoms with van der Waals surface area (Å²) in [5, 5.41) is 12.0. The smallest absolute Gasteiger partial charge is 0.160 e. The molecule has 0 aliphatic carbocycles. The van der Waals surface area contributed by atoms with Gasteiger partial charge in [0.2, 0.25) is 0 Å². The van der Waals surface area contributed by atoms with Crippen molar-refractivity contribution < 1.29 is 29.4 Å². The summed E-state index contributed by atoms with van der Waals surface area (Å²) in [5.74, 6) is 1.49. The average molecular weight is 340 g/mol. The molecule has 0 saturated carbocycles. The molecule has 0 aromatic heterocycles. The maximum Gasteiger partial charge on any atom is 0.160 e. The number of benzene rings is 1. The van der Waals surface area contributed by atoms with Crippen LogP contribution in [-0.4, -0.2) is 64.4 Å². The van der Waals surface area contributed by atoms with E-state index < -0.39 is 6.10 Å². The molecule has 3 N–H and O–H groups in total. The van der Waals surface area contributed by atoms with Crippen molar-refractivity contribution in [2.45, 2.75) is 31.5 Å². The van der Waals surface area contributed by atoms with Gasteiger partial charge >= 0.3 is 0 Å². The quantitative estimate of drug-likeness (QED) is 0.569. The first-order chi connectivity index (χ1) is 11.7. The molecule has 0 bridgehead atoms. The second-order valence-electron chi connectivity index (χ2n) is 6.08. The number of aliphatic hydroxyl groups excluding tert-OH is 1.